The highest BCUT2D eigenvalue weighted by Crippen LogP contribution is 2.30. The Labute approximate surface area is 156 Å². The van der Waals surface area contributed by atoms with Gasteiger partial charge in [0.15, 0.2) is 5.82 Å². The van der Waals surface area contributed by atoms with E-state index in [4.69, 9.17) is 4.52 Å². The van der Waals surface area contributed by atoms with E-state index in [0.29, 0.717) is 30.6 Å². The average molecular weight is 380 g/mol. The first kappa shape index (κ1) is 18.6. The summed E-state index contributed by atoms with van der Waals surface area (Å²) in [5, 5.41) is 19.0. The number of hydrogen-bond acceptors (Lipinski definition) is 8. The van der Waals surface area contributed by atoms with E-state index in [1.807, 2.05) is 13.8 Å². The second-order valence-electron chi connectivity index (χ2n) is 6.52. The predicted octanol–water partition coefficient (Wildman–Crippen LogP) is 1.75. The monoisotopic (exact) mass is 380 g/mol. The molecule has 1 N–H and O–H groups in total. The molecule has 3 heterocycles. The van der Waals surface area contributed by atoms with Gasteiger partial charge in [-0.3, -0.25) is 0 Å². The number of aromatic nitrogens is 6. The van der Waals surface area contributed by atoms with E-state index in [-0.39, 0.29) is 18.0 Å². The van der Waals surface area contributed by atoms with Crippen LogP contribution >= 0.6 is 11.8 Å². The first-order valence-corrected chi connectivity index (χ1v) is 9.78. The maximum absolute atomic E-state index is 12.6. The van der Waals surface area contributed by atoms with Crippen LogP contribution < -0.4 is 5.32 Å². The van der Waals surface area contributed by atoms with Gasteiger partial charge < -0.3 is 14.7 Å². The lowest BCUT2D eigenvalue weighted by Crippen LogP contribution is -2.45. The molecule has 2 aromatic rings. The minimum Gasteiger partial charge on any atom is -0.337 e. The number of piperidine rings is 1. The van der Waals surface area contributed by atoms with Crippen molar-refractivity contribution in [3.63, 3.8) is 0 Å². The Morgan fingerprint density at radius 2 is 2.27 bits per heavy atom. The molecule has 2 aromatic heterocycles. The van der Waals surface area contributed by atoms with Gasteiger partial charge in [0.1, 0.15) is 6.04 Å². The quantitative estimate of drug-likeness (QED) is 0.595. The molecule has 3 rings (SSSR count). The van der Waals surface area contributed by atoms with Crippen molar-refractivity contribution in [1.29, 1.82) is 0 Å². The van der Waals surface area contributed by atoms with Crippen molar-refractivity contribution < 1.29 is 9.32 Å². The number of nitrogens with zero attached hydrogens (tertiary/aromatic N) is 7. The van der Waals surface area contributed by atoms with E-state index >= 15 is 0 Å². The highest BCUT2D eigenvalue weighted by Gasteiger charge is 2.32. The normalized spacial score (nSPS) is 17.7. The summed E-state index contributed by atoms with van der Waals surface area (Å²) in [5.74, 6) is 2.10. The molecular formula is C15H24N8O2S. The molecule has 1 aliphatic rings. The second kappa shape index (κ2) is 8.47. The number of thioether (sulfide) groups is 1. The zero-order valence-corrected chi connectivity index (χ0v) is 16.1. The molecule has 10 nitrogen and oxygen atoms in total. The molecule has 0 radical (unpaired) electrons. The van der Waals surface area contributed by atoms with E-state index in [1.54, 1.807) is 16.6 Å². The van der Waals surface area contributed by atoms with Crippen molar-refractivity contribution in [1.82, 2.24) is 40.6 Å². The number of rotatable bonds is 6. The van der Waals surface area contributed by atoms with E-state index < -0.39 is 0 Å². The average Bonchev–Trinajstić information content (AvgIpc) is 3.28. The molecule has 1 saturated heterocycles. The van der Waals surface area contributed by atoms with E-state index in [0.717, 1.165) is 24.4 Å². The predicted molar refractivity (Wildman–Crippen MR) is 94.6 cm³/mol. The van der Waals surface area contributed by atoms with Crippen LogP contribution in [-0.4, -0.2) is 60.1 Å². The third-order valence-corrected chi connectivity index (χ3v) is 5.23. The Balaban J connectivity index is 1.54. The molecule has 0 saturated carbocycles. The number of likely N-dealkylation sites (tertiary alicyclic amines) is 1. The van der Waals surface area contributed by atoms with Crippen LogP contribution in [-0.2, 0) is 7.05 Å². The largest absolute Gasteiger partial charge is 0.337 e. The van der Waals surface area contributed by atoms with Crippen molar-refractivity contribution in [2.24, 2.45) is 7.05 Å². The van der Waals surface area contributed by atoms with Crippen LogP contribution in [0.3, 0.4) is 0 Å². The minimum absolute atomic E-state index is 0.101. The minimum atomic E-state index is -0.153. The Morgan fingerprint density at radius 1 is 1.42 bits per heavy atom. The molecule has 1 fully saturated rings. The number of aryl methyl sites for hydroxylation is 1. The van der Waals surface area contributed by atoms with E-state index in [9.17, 15) is 4.79 Å². The first-order valence-electron chi connectivity index (χ1n) is 8.79. The molecular weight excluding hydrogens is 356 g/mol. The Morgan fingerprint density at radius 3 is 2.96 bits per heavy atom. The summed E-state index contributed by atoms with van der Waals surface area (Å²) in [6.45, 7) is 5.26. The van der Waals surface area contributed by atoms with Crippen molar-refractivity contribution in [3.05, 3.63) is 11.7 Å². The fraction of sp³-hybridized carbons (Fsp3) is 0.733. The molecule has 0 unspecified atom stereocenters. The third kappa shape index (κ3) is 4.32. The third-order valence-electron chi connectivity index (χ3n) is 4.21. The van der Waals surface area contributed by atoms with Gasteiger partial charge in [-0.05, 0) is 29.7 Å². The van der Waals surface area contributed by atoms with Gasteiger partial charge in [0, 0.05) is 31.8 Å². The van der Waals surface area contributed by atoms with Crippen LogP contribution in [0.4, 0.5) is 4.79 Å². The topological polar surface area (TPSA) is 115 Å². The van der Waals surface area contributed by atoms with Gasteiger partial charge in [0.2, 0.25) is 11.0 Å². The lowest BCUT2D eigenvalue weighted by atomic mass is 10.0. The van der Waals surface area contributed by atoms with Crippen molar-refractivity contribution in [3.8, 4) is 0 Å². The summed E-state index contributed by atoms with van der Waals surface area (Å²) >= 11 is 1.50. The highest BCUT2D eigenvalue weighted by atomic mass is 32.2. The van der Waals surface area contributed by atoms with Crippen molar-refractivity contribution in [2.75, 3.05) is 18.8 Å². The molecule has 1 aliphatic heterocycles. The van der Waals surface area contributed by atoms with Crippen LogP contribution in [0.15, 0.2) is 9.68 Å². The van der Waals surface area contributed by atoms with Gasteiger partial charge in [-0.25, -0.2) is 9.48 Å². The molecule has 0 aliphatic carbocycles. The van der Waals surface area contributed by atoms with Gasteiger partial charge in [-0.2, -0.15) is 4.98 Å². The Hall–Kier alpha value is -2.17. The molecule has 0 aromatic carbocycles. The molecule has 0 spiro atoms. The lowest BCUT2D eigenvalue weighted by Gasteiger charge is -2.33. The van der Waals surface area contributed by atoms with Gasteiger partial charge in [-0.1, -0.05) is 30.8 Å². The van der Waals surface area contributed by atoms with Gasteiger partial charge in [0.25, 0.3) is 0 Å². The highest BCUT2D eigenvalue weighted by molar-refractivity contribution is 7.99. The van der Waals surface area contributed by atoms with Crippen molar-refractivity contribution >= 4 is 17.8 Å². The molecule has 142 valence electrons. The fourth-order valence-electron chi connectivity index (χ4n) is 2.79. The molecule has 0 bridgehead atoms. The van der Waals surface area contributed by atoms with Crippen LogP contribution in [0.2, 0.25) is 0 Å². The molecule has 2 amide bonds. The van der Waals surface area contributed by atoms with Crippen LogP contribution in [0.1, 0.15) is 56.8 Å². The number of carbonyl (C=O) groups excluding carboxylic acids is 1. The maximum atomic E-state index is 12.6. The standard InChI is InChI=1S/C15H24N8O2S/c1-10(2)12-17-13(25-19-12)11-6-4-5-8-23(11)14(24)16-7-9-26-15-18-20-21-22(15)3/h10-11H,4-9H2,1-3H3,(H,16,24)/t11-/m0/s1. The van der Waals surface area contributed by atoms with Gasteiger partial charge >= 0.3 is 6.03 Å². The van der Waals surface area contributed by atoms with E-state index in [2.05, 4.69) is 31.0 Å². The summed E-state index contributed by atoms with van der Waals surface area (Å²) in [6.07, 6.45) is 2.86. The smallest absolute Gasteiger partial charge is 0.318 e. The Kier molecular flexibility index (Phi) is 6.07. The van der Waals surface area contributed by atoms with E-state index in [1.165, 1.54) is 11.8 Å². The number of carbonyl (C=O) groups is 1. The Bertz CT molecular complexity index is 731. The lowest BCUT2D eigenvalue weighted by molar-refractivity contribution is 0.132. The SMILES string of the molecule is CC(C)c1noc([C@@H]2CCCCN2C(=O)NCCSc2nnnn2C)n1. The zero-order chi connectivity index (χ0) is 18.5. The molecule has 11 heteroatoms. The van der Waals surface area contributed by atoms with Gasteiger partial charge in [0.05, 0.1) is 0 Å². The van der Waals surface area contributed by atoms with Gasteiger partial charge in [-0.15, -0.1) is 5.10 Å². The summed E-state index contributed by atoms with van der Waals surface area (Å²) in [7, 11) is 1.79. The maximum Gasteiger partial charge on any atom is 0.318 e. The summed E-state index contributed by atoms with van der Waals surface area (Å²) < 4.78 is 7.03. The number of tetrazole rings is 1. The number of nitrogens with one attached hydrogen (secondary N) is 1. The summed E-state index contributed by atoms with van der Waals surface area (Å²) in [6, 6.07) is -0.255. The second-order valence-corrected chi connectivity index (χ2v) is 7.58. The number of amides is 2. The summed E-state index contributed by atoms with van der Waals surface area (Å²) in [5.41, 5.74) is 0. The molecule has 26 heavy (non-hydrogen) atoms. The number of hydrogen-bond donors (Lipinski definition) is 1. The number of urea groups is 1. The van der Waals surface area contributed by atoms with Crippen LogP contribution in [0.5, 0.6) is 0 Å². The molecule has 1 atom stereocenters. The van der Waals surface area contributed by atoms with Crippen LogP contribution in [0.25, 0.3) is 0 Å². The van der Waals surface area contributed by atoms with Crippen LogP contribution in [0, 0.1) is 0 Å². The zero-order valence-electron chi connectivity index (χ0n) is 15.3. The first-order chi connectivity index (χ1) is 12.6. The summed E-state index contributed by atoms with van der Waals surface area (Å²) in [4.78, 5) is 18.9. The fourth-order valence-corrected chi connectivity index (χ4v) is 3.50. The van der Waals surface area contributed by atoms with Crippen molar-refractivity contribution in [2.45, 2.75) is 50.2 Å².